The maximum atomic E-state index is 12.9. The molecule has 2 heterocycles. The van der Waals surface area contributed by atoms with Crippen molar-refractivity contribution in [2.75, 3.05) is 5.75 Å². The van der Waals surface area contributed by atoms with Crippen LogP contribution in [0, 0.1) is 0 Å². The van der Waals surface area contributed by atoms with E-state index in [0.29, 0.717) is 28.8 Å². The van der Waals surface area contributed by atoms with Gasteiger partial charge in [-0.3, -0.25) is 13.9 Å². The van der Waals surface area contributed by atoms with E-state index in [1.807, 2.05) is 47.0 Å². The molecule has 1 fully saturated rings. The molecular formula is C20H17N3O3S. The molecule has 0 bridgehead atoms. The molecule has 1 aliphatic carbocycles. The highest BCUT2D eigenvalue weighted by molar-refractivity contribution is 7.99. The average molecular weight is 379 g/mol. The van der Waals surface area contributed by atoms with Crippen molar-refractivity contribution < 1.29 is 4.42 Å². The molecule has 5 rings (SSSR count). The van der Waals surface area contributed by atoms with Gasteiger partial charge in [-0.05, 0) is 37.1 Å². The van der Waals surface area contributed by atoms with Crippen LogP contribution in [0.1, 0.15) is 18.9 Å². The summed E-state index contributed by atoms with van der Waals surface area (Å²) in [4.78, 5) is 29.7. The molecule has 27 heavy (non-hydrogen) atoms. The van der Waals surface area contributed by atoms with Crippen molar-refractivity contribution >= 4 is 33.8 Å². The lowest BCUT2D eigenvalue weighted by atomic mass is 10.2. The fourth-order valence-electron chi connectivity index (χ4n) is 3.34. The number of rotatable bonds is 5. The molecule has 0 spiro atoms. The Labute approximate surface area is 158 Å². The summed E-state index contributed by atoms with van der Waals surface area (Å²) in [7, 11) is 0. The van der Waals surface area contributed by atoms with Crippen molar-refractivity contribution in [1.29, 1.82) is 0 Å². The van der Waals surface area contributed by atoms with Crippen molar-refractivity contribution in [2.45, 2.75) is 30.6 Å². The quantitative estimate of drug-likeness (QED) is 0.392. The van der Waals surface area contributed by atoms with Gasteiger partial charge in [0.1, 0.15) is 0 Å². The molecular weight excluding hydrogens is 362 g/mol. The van der Waals surface area contributed by atoms with E-state index >= 15 is 0 Å². The fourth-order valence-corrected chi connectivity index (χ4v) is 4.33. The van der Waals surface area contributed by atoms with Crippen molar-refractivity contribution in [3.63, 3.8) is 0 Å². The maximum absolute atomic E-state index is 12.9. The summed E-state index contributed by atoms with van der Waals surface area (Å²) in [5.74, 6) is 0.267. The SMILES string of the molecule is O=c1c2ccccc2nc(SCCn2c(=O)oc3ccccc32)n1C1CC1. The third kappa shape index (κ3) is 2.88. The summed E-state index contributed by atoms with van der Waals surface area (Å²) in [6, 6.07) is 15.1. The minimum atomic E-state index is -0.358. The zero-order valence-electron chi connectivity index (χ0n) is 14.5. The molecule has 0 unspecified atom stereocenters. The van der Waals surface area contributed by atoms with Crippen molar-refractivity contribution in [2.24, 2.45) is 0 Å². The monoisotopic (exact) mass is 379 g/mol. The number of para-hydroxylation sites is 3. The minimum Gasteiger partial charge on any atom is -0.408 e. The Morgan fingerprint density at radius 2 is 1.85 bits per heavy atom. The van der Waals surface area contributed by atoms with Gasteiger partial charge in [-0.2, -0.15) is 0 Å². The van der Waals surface area contributed by atoms with Crippen LogP contribution in [0.3, 0.4) is 0 Å². The van der Waals surface area contributed by atoms with Crippen molar-refractivity contribution in [1.82, 2.24) is 14.1 Å². The Hall–Kier alpha value is -2.80. The highest BCUT2D eigenvalue weighted by Gasteiger charge is 2.28. The smallest absolute Gasteiger partial charge is 0.408 e. The second-order valence-corrected chi connectivity index (χ2v) is 7.72. The van der Waals surface area contributed by atoms with E-state index in [-0.39, 0.29) is 17.4 Å². The predicted molar refractivity (Wildman–Crippen MR) is 105 cm³/mol. The first-order chi connectivity index (χ1) is 13.2. The third-order valence-electron chi connectivity index (χ3n) is 4.81. The summed E-state index contributed by atoms with van der Waals surface area (Å²) < 4.78 is 8.73. The predicted octanol–water partition coefficient (Wildman–Crippen LogP) is 3.43. The van der Waals surface area contributed by atoms with Crippen molar-refractivity contribution in [3.8, 4) is 0 Å². The van der Waals surface area contributed by atoms with E-state index < -0.39 is 0 Å². The Kier molecular flexibility index (Phi) is 3.89. The molecule has 136 valence electrons. The van der Waals surface area contributed by atoms with Crippen LogP contribution in [0.5, 0.6) is 0 Å². The van der Waals surface area contributed by atoms with E-state index in [0.717, 1.165) is 23.5 Å². The third-order valence-corrected chi connectivity index (χ3v) is 5.74. The molecule has 0 N–H and O–H groups in total. The second kappa shape index (κ2) is 6.42. The lowest BCUT2D eigenvalue weighted by Gasteiger charge is -2.12. The molecule has 0 saturated heterocycles. The number of hydrogen-bond donors (Lipinski definition) is 0. The van der Waals surface area contributed by atoms with Crippen LogP contribution in [0.4, 0.5) is 0 Å². The maximum Gasteiger partial charge on any atom is 0.419 e. The number of thioether (sulfide) groups is 1. The summed E-state index contributed by atoms with van der Waals surface area (Å²) in [6.07, 6.45) is 2.03. The van der Waals surface area contributed by atoms with E-state index in [2.05, 4.69) is 0 Å². The highest BCUT2D eigenvalue weighted by Crippen LogP contribution is 2.36. The molecule has 0 radical (unpaired) electrons. The average Bonchev–Trinajstić information content (AvgIpc) is 3.46. The van der Waals surface area contributed by atoms with Gasteiger partial charge in [0.25, 0.3) is 5.56 Å². The normalized spacial score (nSPS) is 14.2. The fraction of sp³-hybridized carbons (Fsp3) is 0.250. The minimum absolute atomic E-state index is 0.0246. The summed E-state index contributed by atoms with van der Waals surface area (Å²) in [6.45, 7) is 0.494. The number of benzene rings is 2. The second-order valence-electron chi connectivity index (χ2n) is 6.65. The van der Waals surface area contributed by atoms with E-state index in [4.69, 9.17) is 9.40 Å². The molecule has 7 heteroatoms. The van der Waals surface area contributed by atoms with Crippen LogP contribution in [0.2, 0.25) is 0 Å². The number of fused-ring (bicyclic) bond motifs is 2. The molecule has 1 saturated carbocycles. The van der Waals surface area contributed by atoms with Crippen LogP contribution in [0.15, 0.2) is 67.7 Å². The van der Waals surface area contributed by atoms with Crippen LogP contribution in [-0.4, -0.2) is 19.9 Å². The molecule has 0 atom stereocenters. The number of hydrogen-bond acceptors (Lipinski definition) is 5. The van der Waals surface area contributed by atoms with Crippen LogP contribution < -0.4 is 11.3 Å². The number of aromatic nitrogens is 3. The molecule has 1 aliphatic rings. The van der Waals surface area contributed by atoms with Gasteiger partial charge in [0.15, 0.2) is 10.7 Å². The first-order valence-corrected chi connectivity index (χ1v) is 9.93. The van der Waals surface area contributed by atoms with Gasteiger partial charge >= 0.3 is 5.76 Å². The van der Waals surface area contributed by atoms with Crippen molar-refractivity contribution in [3.05, 3.63) is 69.4 Å². The zero-order valence-corrected chi connectivity index (χ0v) is 15.3. The number of nitrogens with zero attached hydrogens (tertiary/aromatic N) is 3. The van der Waals surface area contributed by atoms with Crippen LogP contribution in [-0.2, 0) is 6.54 Å². The standard InChI is InChI=1S/C20H17N3O3S/c24-18-14-5-1-2-6-15(14)21-19(23(18)13-9-10-13)27-12-11-22-16-7-3-4-8-17(16)26-20(22)25/h1-8,13H,9-12H2. The number of oxazole rings is 1. The lowest BCUT2D eigenvalue weighted by Crippen LogP contribution is -2.23. The summed E-state index contributed by atoms with van der Waals surface area (Å²) >= 11 is 1.51. The molecule has 2 aromatic carbocycles. The van der Waals surface area contributed by atoms with Crippen LogP contribution >= 0.6 is 11.8 Å². The van der Waals surface area contributed by atoms with E-state index in [9.17, 15) is 9.59 Å². The Morgan fingerprint density at radius 1 is 1.07 bits per heavy atom. The topological polar surface area (TPSA) is 70.0 Å². The largest absolute Gasteiger partial charge is 0.419 e. The molecule has 0 amide bonds. The Bertz CT molecular complexity index is 1270. The molecule has 4 aromatic rings. The van der Waals surface area contributed by atoms with E-state index in [1.165, 1.54) is 11.8 Å². The molecule has 2 aromatic heterocycles. The number of aryl methyl sites for hydroxylation is 1. The highest BCUT2D eigenvalue weighted by atomic mass is 32.2. The van der Waals surface area contributed by atoms with Crippen LogP contribution in [0.25, 0.3) is 22.0 Å². The Morgan fingerprint density at radius 3 is 2.70 bits per heavy atom. The molecule has 0 aliphatic heterocycles. The van der Waals surface area contributed by atoms with Gasteiger partial charge in [0, 0.05) is 18.3 Å². The Balaban J connectivity index is 1.46. The van der Waals surface area contributed by atoms with E-state index in [1.54, 1.807) is 10.6 Å². The van der Waals surface area contributed by atoms with Gasteiger partial charge in [-0.1, -0.05) is 36.0 Å². The van der Waals surface area contributed by atoms with Gasteiger partial charge in [0.05, 0.1) is 16.4 Å². The first-order valence-electron chi connectivity index (χ1n) is 8.95. The van der Waals surface area contributed by atoms with Gasteiger partial charge in [-0.15, -0.1) is 0 Å². The summed E-state index contributed by atoms with van der Waals surface area (Å²) in [5, 5.41) is 1.38. The lowest BCUT2D eigenvalue weighted by molar-refractivity contribution is 0.514. The van der Waals surface area contributed by atoms with Gasteiger partial charge < -0.3 is 4.42 Å². The first kappa shape index (κ1) is 16.4. The van der Waals surface area contributed by atoms with Gasteiger partial charge in [-0.25, -0.2) is 9.78 Å². The van der Waals surface area contributed by atoms with Gasteiger partial charge in [0.2, 0.25) is 0 Å². The summed E-state index contributed by atoms with van der Waals surface area (Å²) in [5.41, 5.74) is 2.12. The molecule has 6 nitrogen and oxygen atoms in total. The zero-order chi connectivity index (χ0) is 18.4.